The molecule has 86 valence electrons. The number of oxazole rings is 1. The number of hydrogen-bond donors (Lipinski definition) is 1. The van der Waals surface area contributed by atoms with Gasteiger partial charge in [-0.1, -0.05) is 13.0 Å². The Morgan fingerprint density at radius 2 is 2.41 bits per heavy atom. The fourth-order valence-electron chi connectivity index (χ4n) is 1.51. The molecule has 0 saturated carbocycles. The summed E-state index contributed by atoms with van der Waals surface area (Å²) in [7, 11) is 0. The van der Waals surface area contributed by atoms with Crippen molar-refractivity contribution in [3.05, 3.63) is 24.1 Å². The van der Waals surface area contributed by atoms with Gasteiger partial charge >= 0.3 is 0 Å². The summed E-state index contributed by atoms with van der Waals surface area (Å²) in [5, 5.41) is 11.1. The second-order valence-electron chi connectivity index (χ2n) is 3.50. The standard InChI is InChI=1S/C12H11N3O2/c1-2-11-15-12-8(14-10(16)6-7-13)4-3-5-9(12)17-11/h3-5H,2,6H2,1H3,(H,14,16). The number of benzene rings is 1. The van der Waals surface area contributed by atoms with Crippen LogP contribution >= 0.6 is 0 Å². The SMILES string of the molecule is CCc1nc2c(NC(=O)CC#N)cccc2o1. The minimum absolute atomic E-state index is 0.172. The molecule has 5 heteroatoms. The molecule has 0 aliphatic heterocycles. The number of anilines is 1. The molecule has 0 spiro atoms. The number of para-hydroxylation sites is 1. The average Bonchev–Trinajstić information content (AvgIpc) is 2.73. The van der Waals surface area contributed by atoms with Crippen molar-refractivity contribution >= 4 is 22.7 Å². The summed E-state index contributed by atoms with van der Waals surface area (Å²) in [6.07, 6.45) is 0.523. The van der Waals surface area contributed by atoms with Crippen LogP contribution in [0.1, 0.15) is 19.2 Å². The first-order valence-corrected chi connectivity index (χ1v) is 5.29. The highest BCUT2D eigenvalue weighted by Gasteiger charge is 2.10. The summed E-state index contributed by atoms with van der Waals surface area (Å²) in [4.78, 5) is 15.6. The van der Waals surface area contributed by atoms with E-state index in [0.717, 1.165) is 0 Å². The normalized spacial score (nSPS) is 10.1. The van der Waals surface area contributed by atoms with Crippen LogP contribution in [0.2, 0.25) is 0 Å². The molecule has 5 nitrogen and oxygen atoms in total. The van der Waals surface area contributed by atoms with Crippen molar-refractivity contribution < 1.29 is 9.21 Å². The molecule has 1 heterocycles. The number of carbonyl (C=O) groups excluding carboxylic acids is 1. The Morgan fingerprint density at radius 3 is 3.12 bits per heavy atom. The smallest absolute Gasteiger partial charge is 0.238 e. The van der Waals surface area contributed by atoms with Crippen molar-refractivity contribution in [2.45, 2.75) is 19.8 Å². The van der Waals surface area contributed by atoms with Crippen LogP contribution in [0.3, 0.4) is 0 Å². The quantitative estimate of drug-likeness (QED) is 0.875. The fraction of sp³-hybridized carbons (Fsp3) is 0.250. The first-order chi connectivity index (χ1) is 8.24. The second kappa shape index (κ2) is 4.66. The van der Waals surface area contributed by atoms with Crippen LogP contribution in [0.4, 0.5) is 5.69 Å². The molecule has 1 N–H and O–H groups in total. The Kier molecular flexibility index (Phi) is 3.06. The number of rotatable bonds is 3. The summed E-state index contributed by atoms with van der Waals surface area (Å²) in [5.41, 5.74) is 1.83. The van der Waals surface area contributed by atoms with Gasteiger partial charge in [0, 0.05) is 6.42 Å². The maximum Gasteiger partial charge on any atom is 0.238 e. The number of nitrogens with one attached hydrogen (secondary N) is 1. The average molecular weight is 229 g/mol. The zero-order valence-corrected chi connectivity index (χ0v) is 9.36. The van der Waals surface area contributed by atoms with Crippen LogP contribution < -0.4 is 5.32 Å². The highest BCUT2D eigenvalue weighted by atomic mass is 16.3. The van der Waals surface area contributed by atoms with E-state index in [1.165, 1.54) is 0 Å². The van der Waals surface area contributed by atoms with Crippen LogP contribution in [-0.2, 0) is 11.2 Å². The lowest BCUT2D eigenvalue weighted by atomic mass is 10.2. The Labute approximate surface area is 98.1 Å². The Balaban J connectivity index is 2.37. The van der Waals surface area contributed by atoms with E-state index >= 15 is 0 Å². The molecular formula is C12H11N3O2. The van der Waals surface area contributed by atoms with E-state index in [9.17, 15) is 4.79 Å². The van der Waals surface area contributed by atoms with E-state index in [4.69, 9.17) is 9.68 Å². The summed E-state index contributed by atoms with van der Waals surface area (Å²) >= 11 is 0. The van der Waals surface area contributed by atoms with Crippen LogP contribution in [0.15, 0.2) is 22.6 Å². The Hall–Kier alpha value is -2.35. The van der Waals surface area contributed by atoms with Gasteiger partial charge in [0.1, 0.15) is 11.9 Å². The van der Waals surface area contributed by atoms with Gasteiger partial charge in [-0.2, -0.15) is 5.26 Å². The van der Waals surface area contributed by atoms with Gasteiger partial charge in [-0.3, -0.25) is 4.79 Å². The number of nitrogens with zero attached hydrogens (tertiary/aromatic N) is 2. The maximum atomic E-state index is 11.3. The zero-order valence-electron chi connectivity index (χ0n) is 9.36. The number of amides is 1. The molecule has 1 aromatic carbocycles. The predicted molar refractivity (Wildman–Crippen MR) is 62.2 cm³/mol. The molecule has 0 fully saturated rings. The molecule has 17 heavy (non-hydrogen) atoms. The van der Waals surface area contributed by atoms with Crippen LogP contribution in [0.5, 0.6) is 0 Å². The minimum atomic E-state index is -0.346. The molecule has 0 aliphatic carbocycles. The first-order valence-electron chi connectivity index (χ1n) is 5.29. The van der Waals surface area contributed by atoms with Crippen molar-refractivity contribution in [2.75, 3.05) is 5.32 Å². The van der Waals surface area contributed by atoms with Gasteiger partial charge < -0.3 is 9.73 Å². The second-order valence-corrected chi connectivity index (χ2v) is 3.50. The molecule has 1 aromatic heterocycles. The van der Waals surface area contributed by atoms with Crippen molar-refractivity contribution in [3.8, 4) is 6.07 Å². The van der Waals surface area contributed by atoms with Crippen molar-refractivity contribution in [2.24, 2.45) is 0 Å². The third-order valence-electron chi connectivity index (χ3n) is 2.28. The van der Waals surface area contributed by atoms with Crippen molar-refractivity contribution in [1.29, 1.82) is 5.26 Å². The van der Waals surface area contributed by atoms with Gasteiger partial charge in [0.25, 0.3) is 0 Å². The third-order valence-corrected chi connectivity index (χ3v) is 2.28. The molecule has 0 aliphatic rings. The Morgan fingerprint density at radius 1 is 1.59 bits per heavy atom. The zero-order chi connectivity index (χ0) is 12.3. The molecule has 0 radical (unpaired) electrons. The van der Waals surface area contributed by atoms with Gasteiger partial charge in [0.15, 0.2) is 11.5 Å². The molecule has 0 unspecified atom stereocenters. The number of fused-ring (bicyclic) bond motifs is 1. The maximum absolute atomic E-state index is 11.3. The number of nitriles is 1. The van der Waals surface area contributed by atoms with Gasteiger partial charge in [-0.25, -0.2) is 4.98 Å². The van der Waals surface area contributed by atoms with Gasteiger partial charge in [-0.15, -0.1) is 0 Å². The summed E-state index contributed by atoms with van der Waals surface area (Å²) in [6.45, 7) is 1.94. The van der Waals surface area contributed by atoms with E-state index in [2.05, 4.69) is 10.3 Å². The minimum Gasteiger partial charge on any atom is -0.441 e. The van der Waals surface area contributed by atoms with Crippen molar-refractivity contribution in [3.63, 3.8) is 0 Å². The van der Waals surface area contributed by atoms with E-state index in [0.29, 0.717) is 29.1 Å². The van der Waals surface area contributed by atoms with Gasteiger partial charge in [-0.05, 0) is 12.1 Å². The number of carbonyl (C=O) groups is 1. The topological polar surface area (TPSA) is 78.9 Å². The van der Waals surface area contributed by atoms with Crippen LogP contribution in [0, 0.1) is 11.3 Å². The largest absolute Gasteiger partial charge is 0.441 e. The molecule has 0 saturated heterocycles. The number of aryl methyl sites for hydroxylation is 1. The summed E-state index contributed by atoms with van der Waals surface area (Å²) in [5.74, 6) is 0.281. The molecule has 2 aromatic rings. The molecule has 1 amide bonds. The fourth-order valence-corrected chi connectivity index (χ4v) is 1.51. The van der Waals surface area contributed by atoms with E-state index in [-0.39, 0.29) is 12.3 Å². The molecule has 0 atom stereocenters. The van der Waals surface area contributed by atoms with Crippen LogP contribution in [0.25, 0.3) is 11.1 Å². The highest BCUT2D eigenvalue weighted by molar-refractivity contribution is 5.99. The predicted octanol–water partition coefficient (Wildman–Crippen LogP) is 2.24. The van der Waals surface area contributed by atoms with E-state index in [1.54, 1.807) is 24.3 Å². The summed E-state index contributed by atoms with van der Waals surface area (Å²) in [6, 6.07) is 7.10. The number of hydrogen-bond acceptors (Lipinski definition) is 4. The molecule has 0 bridgehead atoms. The summed E-state index contributed by atoms with van der Waals surface area (Å²) < 4.78 is 5.47. The lowest BCUT2D eigenvalue weighted by molar-refractivity contribution is -0.115. The van der Waals surface area contributed by atoms with Crippen LogP contribution in [-0.4, -0.2) is 10.9 Å². The van der Waals surface area contributed by atoms with E-state index in [1.807, 2.05) is 6.92 Å². The van der Waals surface area contributed by atoms with Gasteiger partial charge in [0.05, 0.1) is 11.8 Å². The molecule has 2 rings (SSSR count). The lowest BCUT2D eigenvalue weighted by Crippen LogP contribution is -2.10. The lowest BCUT2D eigenvalue weighted by Gasteiger charge is -2.01. The molecular weight excluding hydrogens is 218 g/mol. The monoisotopic (exact) mass is 229 g/mol. The number of aromatic nitrogens is 1. The first kappa shape index (κ1) is 11.1. The highest BCUT2D eigenvalue weighted by Crippen LogP contribution is 2.23. The van der Waals surface area contributed by atoms with E-state index < -0.39 is 0 Å². The van der Waals surface area contributed by atoms with Gasteiger partial charge in [0.2, 0.25) is 5.91 Å². The third kappa shape index (κ3) is 2.26. The van der Waals surface area contributed by atoms with Crippen molar-refractivity contribution in [1.82, 2.24) is 4.98 Å². The Bertz CT molecular complexity index is 595.